The van der Waals surface area contributed by atoms with Crippen LogP contribution >= 0.6 is 0 Å². The Bertz CT molecular complexity index is 1190. The Labute approximate surface area is 202 Å². The SMILES string of the molecule is COc1cccc2[nH]c(C(=O)N3CC4(CC4)CC3C(=O)NC(CC3CCNC3=O)C(=O)CO)cc12. The number of amides is 3. The second-order valence-electron chi connectivity index (χ2n) is 9.96. The lowest BCUT2D eigenvalue weighted by molar-refractivity contribution is -0.132. The van der Waals surface area contributed by atoms with Crippen LogP contribution in [0, 0.1) is 11.3 Å². The molecule has 1 aromatic carbocycles. The number of rotatable bonds is 8. The minimum atomic E-state index is -0.980. The molecule has 3 amide bonds. The van der Waals surface area contributed by atoms with Crippen LogP contribution in [0.4, 0.5) is 0 Å². The molecule has 0 radical (unpaired) electrons. The number of nitrogens with one attached hydrogen (secondary N) is 3. The van der Waals surface area contributed by atoms with Gasteiger partial charge in [0.25, 0.3) is 5.91 Å². The van der Waals surface area contributed by atoms with E-state index in [1.165, 1.54) is 0 Å². The molecule has 186 valence electrons. The highest BCUT2D eigenvalue weighted by Gasteiger charge is 2.55. The lowest BCUT2D eigenvalue weighted by Gasteiger charge is -2.26. The summed E-state index contributed by atoms with van der Waals surface area (Å²) in [6.45, 7) is 0.272. The first-order chi connectivity index (χ1) is 16.8. The first-order valence-electron chi connectivity index (χ1n) is 12.0. The minimum absolute atomic E-state index is 0.0663. The number of carbonyl (C=O) groups excluding carboxylic acids is 4. The number of H-pyrrole nitrogens is 1. The van der Waals surface area contributed by atoms with Crippen molar-refractivity contribution in [2.24, 2.45) is 11.3 Å². The molecule has 2 aromatic rings. The molecule has 35 heavy (non-hydrogen) atoms. The maximum Gasteiger partial charge on any atom is 0.271 e. The van der Waals surface area contributed by atoms with Crippen LogP contribution in [0.25, 0.3) is 10.9 Å². The third-order valence-electron chi connectivity index (χ3n) is 7.65. The molecule has 3 unspecified atom stereocenters. The predicted molar refractivity (Wildman–Crippen MR) is 126 cm³/mol. The molecule has 0 bridgehead atoms. The second-order valence-corrected chi connectivity index (χ2v) is 9.96. The smallest absolute Gasteiger partial charge is 0.271 e. The van der Waals surface area contributed by atoms with E-state index in [0.717, 1.165) is 23.7 Å². The number of Topliss-reactive ketones (excluding diaryl/α,β-unsaturated/α-hetero) is 1. The second kappa shape index (κ2) is 8.99. The molecule has 1 spiro atoms. The highest BCUT2D eigenvalue weighted by molar-refractivity contribution is 6.02. The quantitative estimate of drug-likeness (QED) is 0.438. The number of fused-ring (bicyclic) bond motifs is 1. The van der Waals surface area contributed by atoms with Gasteiger partial charge in [-0.1, -0.05) is 6.07 Å². The molecule has 5 rings (SSSR count). The van der Waals surface area contributed by atoms with E-state index in [-0.39, 0.29) is 23.7 Å². The first kappa shape index (κ1) is 23.3. The van der Waals surface area contributed by atoms with Gasteiger partial charge in [-0.15, -0.1) is 0 Å². The van der Waals surface area contributed by atoms with Gasteiger partial charge in [0.05, 0.1) is 13.2 Å². The maximum absolute atomic E-state index is 13.6. The van der Waals surface area contributed by atoms with Crippen molar-refractivity contribution in [3.05, 3.63) is 30.0 Å². The van der Waals surface area contributed by atoms with Crippen LogP contribution in [0.1, 0.15) is 42.6 Å². The van der Waals surface area contributed by atoms with Crippen LogP contribution in [0.15, 0.2) is 24.3 Å². The lowest BCUT2D eigenvalue weighted by atomic mass is 9.95. The molecule has 1 aromatic heterocycles. The molecule has 3 atom stereocenters. The molecule has 10 nitrogen and oxygen atoms in total. The number of ketones is 1. The van der Waals surface area contributed by atoms with Gasteiger partial charge in [-0.05, 0) is 55.7 Å². The number of hydrogen-bond donors (Lipinski definition) is 4. The number of aliphatic hydroxyl groups is 1. The van der Waals surface area contributed by atoms with Crippen LogP contribution in [-0.2, 0) is 14.4 Å². The number of aliphatic hydroxyl groups excluding tert-OH is 1. The Balaban J connectivity index is 1.36. The van der Waals surface area contributed by atoms with Crippen LogP contribution in [-0.4, -0.2) is 77.4 Å². The van der Waals surface area contributed by atoms with Crippen LogP contribution in [0.5, 0.6) is 5.75 Å². The van der Waals surface area contributed by atoms with Crippen molar-refractivity contribution in [3.63, 3.8) is 0 Å². The van der Waals surface area contributed by atoms with Gasteiger partial charge in [-0.2, -0.15) is 0 Å². The fraction of sp³-hybridized carbons (Fsp3) is 0.520. The van der Waals surface area contributed by atoms with E-state index < -0.39 is 36.3 Å². The van der Waals surface area contributed by atoms with Crippen molar-refractivity contribution in [3.8, 4) is 5.75 Å². The third-order valence-corrected chi connectivity index (χ3v) is 7.65. The summed E-state index contributed by atoms with van der Waals surface area (Å²) >= 11 is 0. The van der Waals surface area contributed by atoms with E-state index in [2.05, 4.69) is 15.6 Å². The topological polar surface area (TPSA) is 141 Å². The molecular formula is C25H30N4O6. The average molecular weight is 483 g/mol. The summed E-state index contributed by atoms with van der Waals surface area (Å²) in [5.74, 6) is -1.16. The van der Waals surface area contributed by atoms with Gasteiger partial charge < -0.3 is 30.4 Å². The normalized spacial score (nSPS) is 23.4. The summed E-state index contributed by atoms with van der Waals surface area (Å²) in [7, 11) is 1.57. The van der Waals surface area contributed by atoms with Gasteiger partial charge in [-0.3, -0.25) is 19.2 Å². The average Bonchev–Trinajstić information content (AvgIpc) is 3.16. The molecule has 10 heteroatoms. The number of aromatic amines is 1. The number of methoxy groups -OCH3 is 1. The summed E-state index contributed by atoms with van der Waals surface area (Å²) in [6.07, 6.45) is 3.12. The Kier molecular flexibility index (Phi) is 6.00. The summed E-state index contributed by atoms with van der Waals surface area (Å²) in [5.41, 5.74) is 1.06. The van der Waals surface area contributed by atoms with Crippen molar-refractivity contribution in [2.45, 2.75) is 44.2 Å². The Hall–Kier alpha value is -3.40. The van der Waals surface area contributed by atoms with E-state index >= 15 is 0 Å². The largest absolute Gasteiger partial charge is 0.496 e. The molecule has 3 heterocycles. The summed E-state index contributed by atoms with van der Waals surface area (Å²) in [4.78, 5) is 56.1. The molecular weight excluding hydrogens is 452 g/mol. The molecule has 1 saturated carbocycles. The molecule has 3 fully saturated rings. The van der Waals surface area contributed by atoms with Gasteiger partial charge in [0.15, 0.2) is 5.78 Å². The number of nitrogens with zero attached hydrogens (tertiary/aromatic N) is 1. The number of benzene rings is 1. The fourth-order valence-electron chi connectivity index (χ4n) is 5.42. The number of carbonyl (C=O) groups is 4. The van der Waals surface area contributed by atoms with E-state index in [1.807, 2.05) is 18.2 Å². The first-order valence-corrected chi connectivity index (χ1v) is 12.0. The zero-order valence-electron chi connectivity index (χ0n) is 19.6. The molecule has 2 aliphatic heterocycles. The van der Waals surface area contributed by atoms with Gasteiger partial charge in [0.2, 0.25) is 11.8 Å². The van der Waals surface area contributed by atoms with Crippen LogP contribution < -0.4 is 15.4 Å². The molecule has 1 aliphatic carbocycles. The van der Waals surface area contributed by atoms with Crippen molar-refractivity contribution in [1.82, 2.24) is 20.5 Å². The minimum Gasteiger partial charge on any atom is -0.496 e. The standard InChI is InChI=1S/C25H30N4O6/c1-35-21-4-2-3-16-15(21)10-18(27-16)24(34)29-13-25(6-7-25)11-19(29)23(33)28-17(20(31)12-30)9-14-5-8-26-22(14)32/h2-4,10,14,17,19,27,30H,5-9,11-13H2,1H3,(H,26,32)(H,28,33). The highest BCUT2D eigenvalue weighted by Crippen LogP contribution is 2.55. The van der Waals surface area contributed by atoms with Crippen LogP contribution in [0.3, 0.4) is 0 Å². The zero-order valence-corrected chi connectivity index (χ0v) is 19.6. The molecule has 2 saturated heterocycles. The maximum atomic E-state index is 13.6. The van der Waals surface area contributed by atoms with E-state index in [4.69, 9.17) is 4.74 Å². The number of hydrogen-bond acceptors (Lipinski definition) is 6. The summed E-state index contributed by atoms with van der Waals surface area (Å²) in [5, 5.41) is 15.7. The van der Waals surface area contributed by atoms with E-state index in [9.17, 15) is 24.3 Å². The third kappa shape index (κ3) is 4.38. The van der Waals surface area contributed by atoms with Crippen molar-refractivity contribution < 1.29 is 29.0 Å². The van der Waals surface area contributed by atoms with Crippen molar-refractivity contribution in [2.75, 3.05) is 26.8 Å². The van der Waals surface area contributed by atoms with Gasteiger partial charge in [0.1, 0.15) is 24.1 Å². The summed E-state index contributed by atoms with van der Waals surface area (Å²) < 4.78 is 5.40. The van der Waals surface area contributed by atoms with Crippen LogP contribution in [0.2, 0.25) is 0 Å². The zero-order chi connectivity index (χ0) is 24.7. The van der Waals surface area contributed by atoms with E-state index in [0.29, 0.717) is 37.4 Å². The Morgan fingerprint density at radius 3 is 2.77 bits per heavy atom. The molecule has 3 aliphatic rings. The van der Waals surface area contributed by atoms with Gasteiger partial charge >= 0.3 is 0 Å². The fourth-order valence-corrected chi connectivity index (χ4v) is 5.42. The summed E-state index contributed by atoms with van der Waals surface area (Å²) in [6, 6.07) is 5.53. The lowest BCUT2D eigenvalue weighted by Crippen LogP contribution is -2.52. The Morgan fingerprint density at radius 2 is 2.11 bits per heavy atom. The van der Waals surface area contributed by atoms with Gasteiger partial charge in [-0.25, -0.2) is 0 Å². The van der Waals surface area contributed by atoms with Gasteiger partial charge in [0, 0.05) is 29.9 Å². The molecule has 4 N–H and O–H groups in total. The van der Waals surface area contributed by atoms with Crippen molar-refractivity contribution >= 4 is 34.4 Å². The monoisotopic (exact) mass is 482 g/mol. The number of aromatic nitrogens is 1. The van der Waals surface area contributed by atoms with Crippen molar-refractivity contribution in [1.29, 1.82) is 0 Å². The number of ether oxygens (including phenoxy) is 1. The Morgan fingerprint density at radius 1 is 1.31 bits per heavy atom. The highest BCUT2D eigenvalue weighted by atomic mass is 16.5. The predicted octanol–water partition coefficient (Wildman–Crippen LogP) is 0.744. The van der Waals surface area contributed by atoms with E-state index in [1.54, 1.807) is 18.1 Å². The number of likely N-dealkylation sites (tertiary alicyclic amines) is 1.